The van der Waals surface area contributed by atoms with E-state index < -0.39 is 0 Å². The Kier molecular flexibility index (Phi) is 6.77. The smallest absolute Gasteiger partial charge is 0.226 e. The molecule has 7 heteroatoms. The minimum atomic E-state index is 0.121. The number of nitrogens with zero attached hydrogens (tertiary/aromatic N) is 3. The first kappa shape index (κ1) is 16.7. The molecule has 0 saturated heterocycles. The molecule has 0 aliphatic rings. The van der Waals surface area contributed by atoms with Crippen LogP contribution >= 0.6 is 12.2 Å². The van der Waals surface area contributed by atoms with Gasteiger partial charge in [-0.3, -0.25) is 0 Å². The number of ether oxygens (including phenoxy) is 2. The zero-order chi connectivity index (χ0) is 15.1. The van der Waals surface area contributed by atoms with E-state index in [4.69, 9.17) is 27.4 Å². The summed E-state index contributed by atoms with van der Waals surface area (Å²) >= 11 is 4.99. The number of thiocarbonyl (C=S) groups is 1. The fourth-order valence-electron chi connectivity index (χ4n) is 1.85. The molecule has 6 nitrogen and oxygen atoms in total. The van der Waals surface area contributed by atoms with Crippen molar-refractivity contribution in [2.45, 2.75) is 19.9 Å². The van der Waals surface area contributed by atoms with E-state index in [1.165, 1.54) is 0 Å². The van der Waals surface area contributed by atoms with Crippen LogP contribution in [-0.4, -0.2) is 55.0 Å². The van der Waals surface area contributed by atoms with Crippen LogP contribution in [0.25, 0.3) is 0 Å². The van der Waals surface area contributed by atoms with Crippen molar-refractivity contribution in [1.82, 2.24) is 9.97 Å². The Hall–Kier alpha value is -1.31. The molecule has 0 aromatic carbocycles. The van der Waals surface area contributed by atoms with Crippen LogP contribution in [0.15, 0.2) is 6.07 Å². The molecule has 1 aromatic heterocycles. The average molecular weight is 298 g/mol. The molecule has 1 rings (SSSR count). The molecular weight excluding hydrogens is 276 g/mol. The van der Waals surface area contributed by atoms with Crippen LogP contribution in [0.3, 0.4) is 0 Å². The lowest BCUT2D eigenvalue weighted by molar-refractivity contribution is 0.170. The van der Waals surface area contributed by atoms with Gasteiger partial charge in [0.05, 0.1) is 19.3 Å². The first-order valence-electron chi connectivity index (χ1n) is 6.39. The molecule has 112 valence electrons. The highest BCUT2D eigenvalue weighted by molar-refractivity contribution is 7.80. The first-order chi connectivity index (χ1) is 9.49. The SMILES string of the molecule is COCCN(c1nc(C)cc(C(N)=S)n1)C(C)COC. The molecule has 1 heterocycles. The molecule has 1 aromatic rings. The summed E-state index contributed by atoms with van der Waals surface area (Å²) in [5.74, 6) is 0.592. The monoisotopic (exact) mass is 298 g/mol. The molecule has 1 unspecified atom stereocenters. The fraction of sp³-hybridized carbons (Fsp3) is 0.615. The van der Waals surface area contributed by atoms with E-state index in [-0.39, 0.29) is 11.0 Å². The number of aromatic nitrogens is 2. The molecule has 0 spiro atoms. The molecular formula is C13H22N4O2S. The van der Waals surface area contributed by atoms with Crippen LogP contribution in [0.2, 0.25) is 0 Å². The van der Waals surface area contributed by atoms with E-state index in [1.807, 2.05) is 18.7 Å². The van der Waals surface area contributed by atoms with Crippen LogP contribution in [0.1, 0.15) is 18.3 Å². The highest BCUT2D eigenvalue weighted by Gasteiger charge is 2.18. The summed E-state index contributed by atoms with van der Waals surface area (Å²) < 4.78 is 10.3. The van der Waals surface area contributed by atoms with Gasteiger partial charge >= 0.3 is 0 Å². The van der Waals surface area contributed by atoms with Gasteiger partial charge in [0.1, 0.15) is 10.7 Å². The van der Waals surface area contributed by atoms with Gasteiger partial charge < -0.3 is 20.1 Å². The van der Waals surface area contributed by atoms with E-state index in [1.54, 1.807) is 20.3 Å². The highest BCUT2D eigenvalue weighted by Crippen LogP contribution is 2.14. The predicted molar refractivity (Wildman–Crippen MR) is 83.2 cm³/mol. The van der Waals surface area contributed by atoms with Gasteiger partial charge in [0.25, 0.3) is 0 Å². The molecule has 0 radical (unpaired) electrons. The number of methoxy groups -OCH3 is 2. The third kappa shape index (κ3) is 4.66. The molecule has 0 saturated carbocycles. The van der Waals surface area contributed by atoms with E-state index in [2.05, 4.69) is 9.97 Å². The molecule has 1 atom stereocenters. The van der Waals surface area contributed by atoms with E-state index in [0.717, 1.165) is 5.69 Å². The van der Waals surface area contributed by atoms with Crippen molar-refractivity contribution < 1.29 is 9.47 Å². The number of hydrogen-bond acceptors (Lipinski definition) is 6. The van der Waals surface area contributed by atoms with E-state index >= 15 is 0 Å². The molecule has 0 amide bonds. The molecule has 0 aliphatic heterocycles. The first-order valence-corrected chi connectivity index (χ1v) is 6.80. The van der Waals surface area contributed by atoms with Crippen molar-refractivity contribution in [3.8, 4) is 0 Å². The summed E-state index contributed by atoms with van der Waals surface area (Å²) in [7, 11) is 3.33. The third-order valence-electron chi connectivity index (χ3n) is 2.83. The maximum atomic E-state index is 5.66. The number of aryl methyl sites for hydroxylation is 1. The van der Waals surface area contributed by atoms with Crippen LogP contribution in [0.5, 0.6) is 0 Å². The number of anilines is 1. The molecule has 0 bridgehead atoms. The van der Waals surface area contributed by atoms with Gasteiger partial charge in [-0.15, -0.1) is 0 Å². The van der Waals surface area contributed by atoms with Crippen molar-refractivity contribution in [3.05, 3.63) is 17.5 Å². The zero-order valence-corrected chi connectivity index (χ0v) is 13.2. The van der Waals surface area contributed by atoms with E-state index in [9.17, 15) is 0 Å². The molecule has 0 fully saturated rings. The number of nitrogens with two attached hydrogens (primary N) is 1. The summed E-state index contributed by atoms with van der Waals surface area (Å²) in [6.07, 6.45) is 0. The van der Waals surface area contributed by atoms with Gasteiger partial charge in [-0.25, -0.2) is 9.97 Å². The minimum absolute atomic E-state index is 0.121. The van der Waals surface area contributed by atoms with Gasteiger partial charge in [-0.1, -0.05) is 12.2 Å². The standard InChI is InChI=1S/C13H22N4O2S/c1-9-7-11(12(14)20)16-13(15-9)17(5-6-18-3)10(2)8-19-4/h7,10H,5-6,8H2,1-4H3,(H2,14,20). The van der Waals surface area contributed by atoms with Gasteiger partial charge in [0.2, 0.25) is 5.95 Å². The van der Waals surface area contributed by atoms with Crippen molar-refractivity contribution in [2.24, 2.45) is 5.73 Å². The lowest BCUT2D eigenvalue weighted by Gasteiger charge is -2.29. The van der Waals surface area contributed by atoms with Gasteiger partial charge in [-0.05, 0) is 19.9 Å². The quantitative estimate of drug-likeness (QED) is 0.715. The van der Waals surface area contributed by atoms with Gasteiger partial charge in [0, 0.05) is 26.5 Å². The summed E-state index contributed by atoms with van der Waals surface area (Å²) in [5, 5.41) is 0. The van der Waals surface area contributed by atoms with Crippen LogP contribution in [0.4, 0.5) is 5.95 Å². The second-order valence-corrected chi connectivity index (χ2v) is 4.99. The Morgan fingerprint density at radius 2 is 2.10 bits per heavy atom. The molecule has 2 N–H and O–H groups in total. The number of rotatable bonds is 8. The van der Waals surface area contributed by atoms with Crippen LogP contribution < -0.4 is 10.6 Å². The summed E-state index contributed by atoms with van der Waals surface area (Å²) in [6.45, 7) is 5.76. The topological polar surface area (TPSA) is 73.5 Å². The second-order valence-electron chi connectivity index (χ2n) is 4.55. The molecule has 20 heavy (non-hydrogen) atoms. The van der Waals surface area contributed by atoms with Crippen LogP contribution in [0, 0.1) is 6.92 Å². The normalized spacial score (nSPS) is 12.2. The lowest BCUT2D eigenvalue weighted by Crippen LogP contribution is -2.40. The minimum Gasteiger partial charge on any atom is -0.388 e. The predicted octanol–water partition coefficient (Wildman–Crippen LogP) is 0.907. The number of hydrogen-bond donors (Lipinski definition) is 1. The Morgan fingerprint density at radius 3 is 2.65 bits per heavy atom. The van der Waals surface area contributed by atoms with Crippen molar-refractivity contribution in [2.75, 3.05) is 38.9 Å². The molecule has 0 aliphatic carbocycles. The van der Waals surface area contributed by atoms with Crippen molar-refractivity contribution in [1.29, 1.82) is 0 Å². The highest BCUT2D eigenvalue weighted by atomic mass is 32.1. The summed E-state index contributed by atoms with van der Waals surface area (Å²) in [4.78, 5) is 11.2. The Bertz CT molecular complexity index is 456. The summed E-state index contributed by atoms with van der Waals surface area (Å²) in [6, 6.07) is 1.90. The van der Waals surface area contributed by atoms with Crippen molar-refractivity contribution >= 4 is 23.2 Å². The summed E-state index contributed by atoms with van der Waals surface area (Å²) in [5.41, 5.74) is 7.06. The van der Waals surface area contributed by atoms with Gasteiger partial charge in [-0.2, -0.15) is 0 Å². The Morgan fingerprint density at radius 1 is 1.40 bits per heavy atom. The van der Waals surface area contributed by atoms with Crippen LogP contribution in [-0.2, 0) is 9.47 Å². The maximum Gasteiger partial charge on any atom is 0.226 e. The Labute approximate surface area is 125 Å². The maximum absolute atomic E-state index is 5.66. The largest absolute Gasteiger partial charge is 0.388 e. The zero-order valence-electron chi connectivity index (χ0n) is 12.4. The fourth-order valence-corrected chi connectivity index (χ4v) is 1.95. The van der Waals surface area contributed by atoms with E-state index in [0.29, 0.717) is 31.4 Å². The lowest BCUT2D eigenvalue weighted by atomic mass is 10.3. The third-order valence-corrected chi connectivity index (χ3v) is 3.04. The van der Waals surface area contributed by atoms with Crippen molar-refractivity contribution in [3.63, 3.8) is 0 Å². The Balaban J connectivity index is 3.08. The average Bonchev–Trinajstić information content (AvgIpc) is 2.38. The van der Waals surface area contributed by atoms with Gasteiger partial charge in [0.15, 0.2) is 0 Å². The second kappa shape index (κ2) is 8.08.